The Balaban J connectivity index is 2.58. The minimum Gasteiger partial charge on any atom is -0.444 e. The number of para-hydroxylation sites is 1. The highest BCUT2D eigenvalue weighted by atomic mass is 16.6. The van der Waals surface area contributed by atoms with Gasteiger partial charge in [0.2, 0.25) is 5.91 Å². The van der Waals surface area contributed by atoms with E-state index in [9.17, 15) is 14.7 Å². The molecule has 0 aliphatic heterocycles. The molecule has 41 heavy (non-hydrogen) atoms. The third kappa shape index (κ3) is 9.05. The lowest BCUT2D eigenvalue weighted by atomic mass is 9.76. The largest absolute Gasteiger partial charge is 0.444 e. The Morgan fingerprint density at radius 1 is 1.05 bits per heavy atom. The van der Waals surface area contributed by atoms with Crippen LogP contribution in [-0.4, -0.2) is 87.7 Å². The maximum Gasteiger partial charge on any atom is 0.410 e. The van der Waals surface area contributed by atoms with Crippen LogP contribution in [-0.2, 0) is 22.0 Å². The number of likely N-dealkylation sites (N-methyl/N-ethyl adjacent to an activating group) is 2. The molecule has 9 nitrogen and oxygen atoms in total. The molecule has 0 saturated heterocycles. The molecule has 0 saturated carbocycles. The van der Waals surface area contributed by atoms with E-state index in [0.29, 0.717) is 13.0 Å². The van der Waals surface area contributed by atoms with Crippen LogP contribution in [0.3, 0.4) is 0 Å². The fourth-order valence-corrected chi connectivity index (χ4v) is 5.31. The van der Waals surface area contributed by atoms with Crippen molar-refractivity contribution < 1.29 is 24.5 Å². The molecule has 230 valence electrons. The average molecular weight is 573 g/mol. The lowest BCUT2D eigenvalue weighted by Crippen LogP contribution is -2.61. The van der Waals surface area contributed by atoms with Gasteiger partial charge in [-0.1, -0.05) is 65.0 Å². The van der Waals surface area contributed by atoms with E-state index in [1.807, 2.05) is 55.9 Å². The second-order valence-electron chi connectivity index (χ2n) is 13.8. The summed E-state index contributed by atoms with van der Waals surface area (Å²) in [4.78, 5) is 30.8. The first-order valence-electron chi connectivity index (χ1n) is 14.2. The molecule has 1 heterocycles. The number of carbonyl (C=O) groups is 2. The minimum absolute atomic E-state index is 0.0893. The molecular weight excluding hydrogens is 520 g/mol. The van der Waals surface area contributed by atoms with Crippen LogP contribution in [0, 0.1) is 5.41 Å². The second kappa shape index (κ2) is 13.4. The number of rotatable bonds is 11. The lowest BCUT2D eigenvalue weighted by Gasteiger charge is -2.41. The summed E-state index contributed by atoms with van der Waals surface area (Å²) < 4.78 is 7.72. The molecule has 3 atom stereocenters. The van der Waals surface area contributed by atoms with E-state index in [1.54, 1.807) is 51.9 Å². The molecule has 0 fully saturated rings. The van der Waals surface area contributed by atoms with Gasteiger partial charge in [0.1, 0.15) is 17.9 Å². The van der Waals surface area contributed by atoms with Crippen molar-refractivity contribution in [3.05, 3.63) is 48.2 Å². The van der Waals surface area contributed by atoms with Crippen molar-refractivity contribution in [1.29, 1.82) is 0 Å². The Morgan fingerprint density at radius 3 is 2.22 bits per heavy atom. The maximum absolute atomic E-state index is 14.4. The number of aliphatic hydroxyl groups excluding tert-OH is 2. The van der Waals surface area contributed by atoms with Crippen LogP contribution in [0.1, 0.15) is 67.4 Å². The van der Waals surface area contributed by atoms with Crippen molar-refractivity contribution in [3.8, 4) is 0 Å². The smallest absolute Gasteiger partial charge is 0.410 e. The molecule has 3 N–H and O–H groups in total. The number of nitrogens with zero attached hydrogens (tertiary/aromatic N) is 3. The van der Waals surface area contributed by atoms with Crippen molar-refractivity contribution in [1.82, 2.24) is 19.7 Å². The Bertz CT molecular complexity index is 1200. The van der Waals surface area contributed by atoms with Crippen molar-refractivity contribution in [2.45, 2.75) is 91.1 Å². The van der Waals surface area contributed by atoms with Crippen molar-refractivity contribution in [3.63, 3.8) is 0 Å². The molecule has 1 aromatic carbocycles. The number of ether oxygens (including phenoxy) is 1. The Hall–Kier alpha value is -2.88. The van der Waals surface area contributed by atoms with Crippen molar-refractivity contribution in [2.24, 2.45) is 12.5 Å². The third-order valence-corrected chi connectivity index (χ3v) is 7.23. The number of aryl methyl sites for hydroxylation is 1. The number of hydrogen-bond acceptors (Lipinski definition) is 6. The number of fused-ring (bicyclic) bond motifs is 1. The second-order valence-corrected chi connectivity index (χ2v) is 13.8. The monoisotopic (exact) mass is 572 g/mol. The zero-order valence-electron chi connectivity index (χ0n) is 26.9. The van der Waals surface area contributed by atoms with Crippen LogP contribution >= 0.6 is 0 Å². The zero-order chi connectivity index (χ0) is 31.3. The molecule has 0 radical (unpaired) electrons. The van der Waals surface area contributed by atoms with Crippen molar-refractivity contribution >= 4 is 22.9 Å². The molecule has 3 unspecified atom stereocenters. The molecule has 2 aromatic rings. The van der Waals surface area contributed by atoms with Gasteiger partial charge in [-0.15, -0.1) is 0 Å². The first-order valence-corrected chi connectivity index (χ1v) is 14.2. The maximum atomic E-state index is 14.4. The molecule has 2 rings (SSSR count). The fraction of sp³-hybridized carbons (Fsp3) is 0.625. The van der Waals surface area contributed by atoms with Gasteiger partial charge in [0, 0.05) is 43.2 Å². The first kappa shape index (κ1) is 34.3. The van der Waals surface area contributed by atoms with Crippen LogP contribution in [0.15, 0.2) is 42.6 Å². The summed E-state index contributed by atoms with van der Waals surface area (Å²) >= 11 is 0. The van der Waals surface area contributed by atoms with Gasteiger partial charge in [-0.3, -0.25) is 14.6 Å². The Labute approximate surface area is 246 Å². The number of aromatic nitrogens is 1. The highest BCUT2D eigenvalue weighted by molar-refractivity contribution is 5.91. The van der Waals surface area contributed by atoms with Crippen LogP contribution in [0.5, 0.6) is 0 Å². The van der Waals surface area contributed by atoms with E-state index in [0.717, 1.165) is 16.5 Å². The van der Waals surface area contributed by atoms with Gasteiger partial charge in [-0.25, -0.2) is 4.79 Å². The highest BCUT2D eigenvalue weighted by Gasteiger charge is 2.45. The normalized spacial score (nSPS) is 15.3. The Morgan fingerprint density at radius 2 is 1.66 bits per heavy atom. The van der Waals surface area contributed by atoms with Gasteiger partial charge in [-0.05, 0) is 51.3 Å². The molecule has 2 amide bonds. The summed E-state index contributed by atoms with van der Waals surface area (Å²) in [7, 11) is 5.32. The summed E-state index contributed by atoms with van der Waals surface area (Å²) in [6.07, 6.45) is 4.27. The van der Waals surface area contributed by atoms with E-state index in [4.69, 9.17) is 9.84 Å². The lowest BCUT2D eigenvalue weighted by molar-refractivity contribution is -0.131. The Kier molecular flexibility index (Phi) is 11.2. The average Bonchev–Trinajstić information content (AvgIpc) is 3.18. The topological polar surface area (TPSA) is 107 Å². The van der Waals surface area contributed by atoms with Crippen molar-refractivity contribution in [2.75, 3.05) is 27.2 Å². The number of carbonyl (C=O) groups excluding carboxylic acids is 2. The zero-order valence-corrected chi connectivity index (χ0v) is 26.9. The minimum atomic E-state index is -1.00. The van der Waals surface area contributed by atoms with Gasteiger partial charge in [0.25, 0.3) is 0 Å². The van der Waals surface area contributed by atoms with E-state index in [1.165, 1.54) is 4.90 Å². The summed E-state index contributed by atoms with van der Waals surface area (Å²) in [5.41, 5.74) is 0.145. The van der Waals surface area contributed by atoms with Gasteiger partial charge < -0.3 is 24.8 Å². The summed E-state index contributed by atoms with van der Waals surface area (Å²) in [6, 6.07) is 6.39. The van der Waals surface area contributed by atoms with Gasteiger partial charge in [-0.2, -0.15) is 0 Å². The van der Waals surface area contributed by atoms with Crippen LogP contribution in [0.25, 0.3) is 10.9 Å². The van der Waals surface area contributed by atoms with Crippen LogP contribution < -0.4 is 5.32 Å². The fourth-order valence-electron chi connectivity index (χ4n) is 5.31. The molecular formula is C32H52N4O5. The number of hydrogen-bond donors (Lipinski definition) is 3. The van der Waals surface area contributed by atoms with Gasteiger partial charge >= 0.3 is 6.09 Å². The quantitative estimate of drug-likeness (QED) is 0.272. The summed E-state index contributed by atoms with van der Waals surface area (Å²) in [5, 5.41) is 24.5. The molecule has 9 heteroatoms. The van der Waals surface area contributed by atoms with E-state index in [2.05, 4.69) is 26.1 Å². The summed E-state index contributed by atoms with van der Waals surface area (Å²) in [6.45, 7) is 15.7. The van der Waals surface area contributed by atoms with Gasteiger partial charge in [0.05, 0.1) is 12.6 Å². The van der Waals surface area contributed by atoms with Crippen LogP contribution in [0.2, 0.25) is 0 Å². The molecule has 0 aliphatic carbocycles. The van der Waals surface area contributed by atoms with E-state index >= 15 is 0 Å². The standard InChI is InChI=1S/C32H52N4O5/c1-30(2,3)20-24(28(39)34(9)18-14-15-19-37)33-27(38)26(36(11)29(40)41-31(4,5)6)32(7,8)23-21-35(10)25-17-13-12-16-22(23)25/h12-17,21,24,26,28,37,39H,18-20H2,1-11H3,(H,33,38)/b15-14+. The third-order valence-electron chi connectivity index (χ3n) is 7.23. The van der Waals surface area contributed by atoms with E-state index in [-0.39, 0.29) is 17.9 Å². The predicted octanol–water partition coefficient (Wildman–Crippen LogP) is 4.41. The van der Waals surface area contributed by atoms with Crippen LogP contribution in [0.4, 0.5) is 4.79 Å². The molecule has 0 spiro atoms. The molecule has 0 aliphatic rings. The molecule has 1 aromatic heterocycles. The number of nitrogens with one attached hydrogen (secondary N) is 1. The van der Waals surface area contributed by atoms with Gasteiger partial charge in [0.15, 0.2) is 0 Å². The number of benzene rings is 1. The van der Waals surface area contributed by atoms with E-state index < -0.39 is 35.4 Å². The number of amides is 2. The SMILES string of the molecule is CN(C/C=C/CO)C(O)C(CC(C)(C)C)NC(=O)C(N(C)C(=O)OC(C)(C)C)C(C)(C)c1cn(C)c2ccccc12. The predicted molar refractivity (Wildman–Crippen MR) is 165 cm³/mol. The molecule has 0 bridgehead atoms. The number of aliphatic hydroxyl groups is 2. The highest BCUT2D eigenvalue weighted by Crippen LogP contribution is 2.37. The first-order chi connectivity index (χ1) is 18.8. The summed E-state index contributed by atoms with van der Waals surface area (Å²) in [5.74, 6) is -0.385.